The molecule has 2 amide bonds. The van der Waals surface area contributed by atoms with Crippen LogP contribution in [0.5, 0.6) is 0 Å². The van der Waals surface area contributed by atoms with E-state index in [1.54, 1.807) is 0 Å². The second kappa shape index (κ2) is 6.99. The summed E-state index contributed by atoms with van der Waals surface area (Å²) in [6.07, 6.45) is 1.84. The highest BCUT2D eigenvalue weighted by Gasteiger charge is 2.11. The molecule has 0 spiro atoms. The number of carboxylic acids is 1. The molecule has 0 aliphatic heterocycles. The van der Waals surface area contributed by atoms with Gasteiger partial charge in [-0.1, -0.05) is 24.9 Å². The Balaban J connectivity index is 2.73. The Morgan fingerprint density at radius 1 is 1.42 bits per heavy atom. The maximum absolute atomic E-state index is 11.7. The van der Waals surface area contributed by atoms with Crippen LogP contribution in [0.3, 0.4) is 0 Å². The van der Waals surface area contributed by atoms with Crippen molar-refractivity contribution >= 4 is 29.3 Å². The minimum absolute atomic E-state index is 0.0476. The molecule has 0 saturated heterocycles. The third-order valence-corrected chi connectivity index (χ3v) is 2.89. The summed E-state index contributed by atoms with van der Waals surface area (Å²) in [5.41, 5.74) is 0.351. The highest BCUT2D eigenvalue weighted by Crippen LogP contribution is 2.23. The van der Waals surface area contributed by atoms with Crippen LogP contribution in [-0.2, 0) is 0 Å². The van der Waals surface area contributed by atoms with Gasteiger partial charge in [-0.3, -0.25) is 0 Å². The van der Waals surface area contributed by atoms with Crippen molar-refractivity contribution in [3.8, 4) is 0 Å². The third-order valence-electron chi connectivity index (χ3n) is 2.56. The fourth-order valence-electron chi connectivity index (χ4n) is 1.64. The van der Waals surface area contributed by atoms with Crippen molar-refractivity contribution in [2.24, 2.45) is 0 Å². The largest absolute Gasteiger partial charge is 0.478 e. The molecule has 6 heteroatoms. The summed E-state index contributed by atoms with van der Waals surface area (Å²) in [4.78, 5) is 22.5. The first-order chi connectivity index (χ1) is 8.93. The van der Waals surface area contributed by atoms with Crippen LogP contribution in [0.15, 0.2) is 18.2 Å². The van der Waals surface area contributed by atoms with E-state index in [4.69, 9.17) is 16.7 Å². The van der Waals surface area contributed by atoms with Crippen LogP contribution < -0.4 is 10.6 Å². The van der Waals surface area contributed by atoms with Gasteiger partial charge in [0, 0.05) is 6.04 Å². The summed E-state index contributed by atoms with van der Waals surface area (Å²) in [6, 6.07) is 3.80. The van der Waals surface area contributed by atoms with Crippen molar-refractivity contribution in [1.82, 2.24) is 5.32 Å². The Bertz CT molecular complexity index is 477. The molecule has 0 aliphatic carbocycles. The van der Waals surface area contributed by atoms with Gasteiger partial charge in [0.25, 0.3) is 0 Å². The number of rotatable bonds is 5. The average molecular weight is 285 g/mol. The molecule has 1 unspecified atom stereocenters. The molecule has 1 atom stereocenters. The fourth-order valence-corrected chi connectivity index (χ4v) is 1.81. The van der Waals surface area contributed by atoms with Crippen molar-refractivity contribution < 1.29 is 14.7 Å². The van der Waals surface area contributed by atoms with E-state index in [9.17, 15) is 9.59 Å². The number of carboxylic acid groups (broad SMARTS) is 1. The molecule has 0 bridgehead atoms. The number of nitrogens with one attached hydrogen (secondary N) is 2. The van der Waals surface area contributed by atoms with Gasteiger partial charge >= 0.3 is 12.0 Å². The smallest absolute Gasteiger partial charge is 0.335 e. The second-order valence-corrected chi connectivity index (χ2v) is 4.70. The van der Waals surface area contributed by atoms with Crippen molar-refractivity contribution in [3.05, 3.63) is 28.8 Å². The number of carbonyl (C=O) groups is 2. The van der Waals surface area contributed by atoms with E-state index in [-0.39, 0.29) is 17.3 Å². The highest BCUT2D eigenvalue weighted by molar-refractivity contribution is 6.33. The number of aromatic carboxylic acids is 1. The lowest BCUT2D eigenvalue weighted by Gasteiger charge is -2.14. The van der Waals surface area contributed by atoms with Gasteiger partial charge in [-0.2, -0.15) is 0 Å². The molecule has 104 valence electrons. The molecule has 19 heavy (non-hydrogen) atoms. The van der Waals surface area contributed by atoms with E-state index in [1.165, 1.54) is 18.2 Å². The standard InChI is InChI=1S/C13H17ClN2O3/c1-3-4-8(2)15-13(19)16-11-7-9(12(17)18)5-6-10(11)14/h5-8H,3-4H2,1-2H3,(H,17,18)(H2,15,16,19). The first-order valence-electron chi connectivity index (χ1n) is 6.04. The molecule has 0 fully saturated rings. The summed E-state index contributed by atoms with van der Waals surface area (Å²) in [6.45, 7) is 3.93. The number of benzene rings is 1. The molecular formula is C13H17ClN2O3. The summed E-state index contributed by atoms with van der Waals surface area (Å²) in [5, 5.41) is 14.5. The van der Waals surface area contributed by atoms with E-state index in [2.05, 4.69) is 10.6 Å². The van der Waals surface area contributed by atoms with E-state index in [0.29, 0.717) is 5.02 Å². The molecule has 0 aliphatic rings. The summed E-state index contributed by atoms with van der Waals surface area (Å²) >= 11 is 5.91. The van der Waals surface area contributed by atoms with Crippen molar-refractivity contribution in [3.63, 3.8) is 0 Å². The third kappa shape index (κ3) is 4.79. The van der Waals surface area contributed by atoms with Crippen LogP contribution in [-0.4, -0.2) is 23.1 Å². The quantitative estimate of drug-likeness (QED) is 0.776. The summed E-state index contributed by atoms with van der Waals surface area (Å²) in [5.74, 6) is -1.07. The summed E-state index contributed by atoms with van der Waals surface area (Å²) < 4.78 is 0. The van der Waals surface area contributed by atoms with Crippen LogP contribution >= 0.6 is 11.6 Å². The first-order valence-corrected chi connectivity index (χ1v) is 6.42. The fraction of sp³-hybridized carbons (Fsp3) is 0.385. The Morgan fingerprint density at radius 3 is 2.68 bits per heavy atom. The molecule has 3 N–H and O–H groups in total. The number of halogens is 1. The number of hydrogen-bond donors (Lipinski definition) is 3. The summed E-state index contributed by atoms with van der Waals surface area (Å²) in [7, 11) is 0. The number of anilines is 1. The van der Waals surface area contributed by atoms with Crippen LogP contribution in [0.2, 0.25) is 5.02 Å². The van der Waals surface area contributed by atoms with Gasteiger partial charge in [-0.05, 0) is 31.5 Å². The molecule has 0 radical (unpaired) electrons. The molecule has 0 heterocycles. The minimum Gasteiger partial charge on any atom is -0.478 e. The van der Waals surface area contributed by atoms with Gasteiger partial charge in [0.2, 0.25) is 0 Å². The second-order valence-electron chi connectivity index (χ2n) is 4.29. The predicted molar refractivity (Wildman–Crippen MR) is 74.9 cm³/mol. The minimum atomic E-state index is -1.07. The molecule has 5 nitrogen and oxygen atoms in total. The number of urea groups is 1. The number of amides is 2. The van der Waals surface area contributed by atoms with E-state index >= 15 is 0 Å². The van der Waals surface area contributed by atoms with E-state index in [0.717, 1.165) is 12.8 Å². The zero-order valence-corrected chi connectivity index (χ0v) is 11.6. The number of hydrogen-bond acceptors (Lipinski definition) is 2. The lowest BCUT2D eigenvalue weighted by atomic mass is 10.2. The Labute approximate surface area is 117 Å². The Kier molecular flexibility index (Phi) is 5.63. The maximum Gasteiger partial charge on any atom is 0.335 e. The molecular weight excluding hydrogens is 268 g/mol. The Hall–Kier alpha value is -1.75. The maximum atomic E-state index is 11.7. The van der Waals surface area contributed by atoms with Crippen molar-refractivity contribution in [1.29, 1.82) is 0 Å². The molecule has 1 rings (SSSR count). The van der Waals surface area contributed by atoms with E-state index in [1.807, 2.05) is 13.8 Å². The van der Waals surface area contributed by atoms with Crippen LogP contribution in [0, 0.1) is 0 Å². The zero-order chi connectivity index (χ0) is 14.4. The van der Waals surface area contributed by atoms with Gasteiger partial charge in [-0.15, -0.1) is 0 Å². The van der Waals surface area contributed by atoms with Crippen LogP contribution in [0.1, 0.15) is 37.0 Å². The van der Waals surface area contributed by atoms with Crippen molar-refractivity contribution in [2.45, 2.75) is 32.7 Å². The van der Waals surface area contributed by atoms with Crippen LogP contribution in [0.4, 0.5) is 10.5 Å². The monoisotopic (exact) mass is 284 g/mol. The van der Waals surface area contributed by atoms with Crippen molar-refractivity contribution in [2.75, 3.05) is 5.32 Å². The first kappa shape index (κ1) is 15.3. The molecule has 0 aromatic heterocycles. The molecule has 1 aromatic carbocycles. The average Bonchev–Trinajstić information content (AvgIpc) is 2.31. The normalized spacial score (nSPS) is 11.7. The SMILES string of the molecule is CCCC(C)NC(=O)Nc1cc(C(=O)O)ccc1Cl. The van der Waals surface area contributed by atoms with E-state index < -0.39 is 12.0 Å². The predicted octanol–water partition coefficient (Wildman–Crippen LogP) is 3.35. The highest BCUT2D eigenvalue weighted by atomic mass is 35.5. The topological polar surface area (TPSA) is 78.4 Å². The molecule has 0 saturated carbocycles. The van der Waals surface area contributed by atoms with Crippen LogP contribution in [0.25, 0.3) is 0 Å². The van der Waals surface area contributed by atoms with Gasteiger partial charge in [0.05, 0.1) is 16.3 Å². The van der Waals surface area contributed by atoms with Gasteiger partial charge in [-0.25, -0.2) is 9.59 Å². The lowest BCUT2D eigenvalue weighted by Crippen LogP contribution is -2.36. The zero-order valence-electron chi connectivity index (χ0n) is 10.9. The van der Waals surface area contributed by atoms with Gasteiger partial charge < -0.3 is 15.7 Å². The number of carbonyl (C=O) groups excluding carboxylic acids is 1. The lowest BCUT2D eigenvalue weighted by molar-refractivity contribution is 0.0697. The van der Waals surface area contributed by atoms with Gasteiger partial charge in [0.1, 0.15) is 0 Å². The Morgan fingerprint density at radius 2 is 2.11 bits per heavy atom. The molecule has 1 aromatic rings. The van der Waals surface area contributed by atoms with Gasteiger partial charge in [0.15, 0.2) is 0 Å².